The Balaban J connectivity index is 2.32. The lowest BCUT2D eigenvalue weighted by molar-refractivity contribution is 0.565. The van der Waals surface area contributed by atoms with Crippen molar-refractivity contribution in [3.8, 4) is 0 Å². The molecule has 2 rings (SSSR count). The topological polar surface area (TPSA) is 26.0 Å². The molecule has 2 aromatic carbocycles. The molecule has 2 N–H and O–H groups in total. The van der Waals surface area contributed by atoms with Crippen LogP contribution in [-0.2, 0) is 6.42 Å². The van der Waals surface area contributed by atoms with Crippen molar-refractivity contribution in [2.45, 2.75) is 29.2 Å². The summed E-state index contributed by atoms with van der Waals surface area (Å²) >= 11 is 1.14. The van der Waals surface area contributed by atoms with Crippen molar-refractivity contribution in [2.24, 2.45) is 5.73 Å². The Morgan fingerprint density at radius 3 is 2.20 bits per heavy atom. The van der Waals surface area contributed by atoms with Crippen LogP contribution in [0.25, 0.3) is 0 Å². The van der Waals surface area contributed by atoms with Crippen molar-refractivity contribution >= 4 is 11.8 Å². The minimum Gasteiger partial charge on any atom is -0.328 e. The molecule has 0 saturated heterocycles. The summed E-state index contributed by atoms with van der Waals surface area (Å²) in [7, 11) is 0. The molecule has 0 heterocycles. The molecular weight excluding hydrogens is 283 g/mol. The highest BCUT2D eigenvalue weighted by atomic mass is 32.2. The average Bonchev–Trinajstić information content (AvgIpc) is 2.34. The maximum absolute atomic E-state index is 13.7. The molecule has 2 aromatic rings. The van der Waals surface area contributed by atoms with Gasteiger partial charge in [0, 0.05) is 21.9 Å². The summed E-state index contributed by atoms with van der Waals surface area (Å²) in [4.78, 5) is 1.01. The van der Waals surface area contributed by atoms with Crippen LogP contribution in [-0.4, -0.2) is 6.04 Å². The lowest BCUT2D eigenvalue weighted by Crippen LogP contribution is -2.18. The Kier molecular flexibility index (Phi) is 4.73. The molecule has 1 atom stereocenters. The average molecular weight is 297 g/mol. The van der Waals surface area contributed by atoms with Gasteiger partial charge in [0.25, 0.3) is 0 Å². The number of hydrogen-bond acceptors (Lipinski definition) is 2. The Morgan fingerprint density at radius 2 is 1.60 bits per heavy atom. The summed E-state index contributed by atoms with van der Waals surface area (Å²) in [5, 5.41) is 0. The molecule has 20 heavy (non-hydrogen) atoms. The Bertz CT molecular complexity index is 614. The van der Waals surface area contributed by atoms with Crippen LogP contribution in [0.3, 0.4) is 0 Å². The molecule has 0 saturated carbocycles. The van der Waals surface area contributed by atoms with Crippen LogP contribution in [0.5, 0.6) is 0 Å². The molecular formula is C15H14F3NS. The van der Waals surface area contributed by atoms with Gasteiger partial charge >= 0.3 is 0 Å². The van der Waals surface area contributed by atoms with Gasteiger partial charge in [0.2, 0.25) is 0 Å². The summed E-state index contributed by atoms with van der Waals surface area (Å²) in [6.45, 7) is 1.82. The van der Waals surface area contributed by atoms with E-state index in [2.05, 4.69) is 0 Å². The largest absolute Gasteiger partial charge is 0.328 e. The van der Waals surface area contributed by atoms with Crippen LogP contribution in [0.4, 0.5) is 13.2 Å². The molecule has 0 amide bonds. The molecule has 0 fully saturated rings. The zero-order chi connectivity index (χ0) is 14.7. The molecule has 0 radical (unpaired) electrons. The number of halogens is 3. The normalized spacial score (nSPS) is 12.4. The lowest BCUT2D eigenvalue weighted by atomic mass is 10.1. The van der Waals surface area contributed by atoms with Crippen LogP contribution in [0.2, 0.25) is 0 Å². The second-order valence-electron chi connectivity index (χ2n) is 4.61. The van der Waals surface area contributed by atoms with Crippen LogP contribution in [0.1, 0.15) is 12.5 Å². The van der Waals surface area contributed by atoms with Crippen molar-refractivity contribution in [3.63, 3.8) is 0 Å². The summed E-state index contributed by atoms with van der Waals surface area (Å²) < 4.78 is 39.8. The van der Waals surface area contributed by atoms with Crippen molar-refractivity contribution < 1.29 is 13.2 Å². The SMILES string of the molecule is CC(N)Cc1cc(F)ccc1Sc1ccc(F)cc1F. The van der Waals surface area contributed by atoms with Gasteiger partial charge in [-0.2, -0.15) is 0 Å². The van der Waals surface area contributed by atoms with E-state index in [1.807, 2.05) is 6.92 Å². The third-order valence-corrected chi connectivity index (χ3v) is 3.85. The van der Waals surface area contributed by atoms with Gasteiger partial charge < -0.3 is 5.73 Å². The highest BCUT2D eigenvalue weighted by molar-refractivity contribution is 7.99. The fourth-order valence-corrected chi connectivity index (χ4v) is 2.77. The maximum atomic E-state index is 13.7. The molecule has 1 unspecified atom stereocenters. The van der Waals surface area contributed by atoms with Crippen LogP contribution >= 0.6 is 11.8 Å². The van der Waals surface area contributed by atoms with Gasteiger partial charge in [-0.3, -0.25) is 0 Å². The molecule has 0 aliphatic carbocycles. The van der Waals surface area contributed by atoms with Crippen LogP contribution < -0.4 is 5.73 Å². The molecule has 0 aliphatic heterocycles. The lowest BCUT2D eigenvalue weighted by Gasteiger charge is -2.12. The second-order valence-corrected chi connectivity index (χ2v) is 5.69. The number of hydrogen-bond donors (Lipinski definition) is 1. The first-order valence-corrected chi connectivity index (χ1v) is 6.94. The maximum Gasteiger partial charge on any atom is 0.140 e. The van der Waals surface area contributed by atoms with E-state index in [-0.39, 0.29) is 11.9 Å². The minimum atomic E-state index is -0.633. The molecule has 1 nitrogen and oxygen atoms in total. The van der Waals surface area contributed by atoms with E-state index in [1.165, 1.54) is 24.3 Å². The third kappa shape index (κ3) is 3.77. The van der Waals surface area contributed by atoms with E-state index in [4.69, 9.17) is 5.73 Å². The zero-order valence-electron chi connectivity index (χ0n) is 10.9. The Labute approximate surface area is 120 Å². The van der Waals surface area contributed by atoms with Crippen molar-refractivity contribution in [3.05, 3.63) is 59.4 Å². The highest BCUT2D eigenvalue weighted by Crippen LogP contribution is 2.33. The summed E-state index contributed by atoms with van der Waals surface area (Å²) in [5.74, 6) is -1.61. The Hall–Kier alpha value is -1.46. The zero-order valence-corrected chi connectivity index (χ0v) is 11.7. The fourth-order valence-electron chi connectivity index (χ4n) is 1.83. The predicted molar refractivity (Wildman–Crippen MR) is 74.2 cm³/mol. The van der Waals surface area contributed by atoms with Crippen molar-refractivity contribution in [1.82, 2.24) is 0 Å². The number of rotatable bonds is 4. The van der Waals surface area contributed by atoms with Crippen LogP contribution in [0, 0.1) is 17.5 Å². The summed E-state index contributed by atoms with van der Waals surface area (Å²) in [6, 6.07) is 7.56. The van der Waals surface area contributed by atoms with Gasteiger partial charge in [-0.15, -0.1) is 0 Å². The van der Waals surface area contributed by atoms with E-state index in [0.29, 0.717) is 21.8 Å². The molecule has 0 aromatic heterocycles. The van der Waals surface area contributed by atoms with E-state index >= 15 is 0 Å². The predicted octanol–water partition coefficient (Wildman–Crippen LogP) is 4.14. The summed E-state index contributed by atoms with van der Waals surface area (Å²) in [5.41, 5.74) is 6.45. The van der Waals surface area contributed by atoms with Gasteiger partial charge in [-0.1, -0.05) is 11.8 Å². The van der Waals surface area contributed by atoms with Crippen molar-refractivity contribution in [1.29, 1.82) is 0 Å². The third-order valence-electron chi connectivity index (χ3n) is 2.68. The smallest absolute Gasteiger partial charge is 0.140 e. The highest BCUT2D eigenvalue weighted by Gasteiger charge is 2.11. The quantitative estimate of drug-likeness (QED) is 0.917. The molecule has 106 valence electrons. The van der Waals surface area contributed by atoms with E-state index in [9.17, 15) is 13.2 Å². The second kappa shape index (κ2) is 6.33. The monoisotopic (exact) mass is 297 g/mol. The Morgan fingerprint density at radius 1 is 1.00 bits per heavy atom. The van der Waals surface area contributed by atoms with E-state index < -0.39 is 11.6 Å². The first-order chi connectivity index (χ1) is 9.45. The summed E-state index contributed by atoms with van der Waals surface area (Å²) in [6.07, 6.45) is 0.489. The number of benzene rings is 2. The van der Waals surface area contributed by atoms with Gasteiger partial charge in [-0.25, -0.2) is 13.2 Å². The van der Waals surface area contributed by atoms with Crippen LogP contribution in [0.15, 0.2) is 46.2 Å². The van der Waals surface area contributed by atoms with Gasteiger partial charge in [0.05, 0.1) is 0 Å². The van der Waals surface area contributed by atoms with E-state index in [1.54, 1.807) is 6.07 Å². The molecule has 0 spiro atoms. The minimum absolute atomic E-state index is 0.130. The molecule has 0 bridgehead atoms. The fraction of sp³-hybridized carbons (Fsp3) is 0.200. The van der Waals surface area contributed by atoms with Crippen molar-refractivity contribution in [2.75, 3.05) is 0 Å². The first kappa shape index (κ1) is 14.9. The van der Waals surface area contributed by atoms with Gasteiger partial charge in [0.1, 0.15) is 17.5 Å². The van der Waals surface area contributed by atoms with Gasteiger partial charge in [-0.05, 0) is 49.2 Å². The molecule has 0 aliphatic rings. The van der Waals surface area contributed by atoms with E-state index in [0.717, 1.165) is 17.8 Å². The number of nitrogens with two attached hydrogens (primary N) is 1. The standard InChI is InChI=1S/C15H14F3NS/c1-9(19)6-10-7-11(16)2-4-14(10)20-15-5-3-12(17)8-13(15)18/h2-5,7-9H,6,19H2,1H3. The first-order valence-electron chi connectivity index (χ1n) is 6.12. The van der Waals surface area contributed by atoms with Gasteiger partial charge in [0.15, 0.2) is 0 Å². The molecule has 5 heteroatoms.